The third-order valence-corrected chi connectivity index (χ3v) is 5.84. The summed E-state index contributed by atoms with van der Waals surface area (Å²) in [6, 6.07) is 4.45. The number of rotatable bonds is 9. The molecule has 0 fully saturated rings. The maximum atomic E-state index is 14.1. The molecule has 2 heterocycles. The minimum atomic E-state index is -0.386. The van der Waals surface area contributed by atoms with Crippen molar-refractivity contribution in [2.45, 2.75) is 20.3 Å². The van der Waals surface area contributed by atoms with Crippen LogP contribution in [0.3, 0.4) is 0 Å². The predicted molar refractivity (Wildman–Crippen MR) is 131 cm³/mol. The van der Waals surface area contributed by atoms with E-state index in [1.165, 1.54) is 12.1 Å². The van der Waals surface area contributed by atoms with E-state index in [0.717, 1.165) is 30.8 Å². The lowest BCUT2D eigenvalue weighted by molar-refractivity contribution is -0.113. The quantitative estimate of drug-likeness (QED) is 0.571. The van der Waals surface area contributed by atoms with Gasteiger partial charge in [-0.3, -0.25) is 9.59 Å². The Hall–Kier alpha value is -2.97. The predicted octanol–water partition coefficient (Wildman–Crippen LogP) is 2.90. The minimum Gasteiger partial charge on any atom is -0.358 e. The first kappa shape index (κ1) is 24.7. The SMILES string of the molecule is Cc1[nH]c(/C=C2\C(=O)N(CCCN(C)C)c3ccc(F)cc32)c(C)c1C(=O)NCCN(C)C. The number of hydrogen-bond donors (Lipinski definition) is 2. The van der Waals surface area contributed by atoms with Gasteiger partial charge in [-0.15, -0.1) is 0 Å². The molecule has 2 N–H and O–H groups in total. The van der Waals surface area contributed by atoms with E-state index in [2.05, 4.69) is 15.2 Å². The molecule has 0 aliphatic carbocycles. The fourth-order valence-electron chi connectivity index (χ4n) is 4.12. The zero-order valence-electron chi connectivity index (χ0n) is 20.4. The van der Waals surface area contributed by atoms with Crippen molar-refractivity contribution in [3.63, 3.8) is 0 Å². The normalized spacial score (nSPS) is 14.6. The van der Waals surface area contributed by atoms with Gasteiger partial charge in [-0.05, 0) is 84.8 Å². The number of likely N-dealkylation sites (N-methyl/N-ethyl adjacent to an activating group) is 1. The highest BCUT2D eigenvalue weighted by Crippen LogP contribution is 2.38. The molecular weight excluding hydrogens is 421 g/mol. The van der Waals surface area contributed by atoms with Crippen LogP contribution in [0.5, 0.6) is 0 Å². The lowest BCUT2D eigenvalue weighted by atomic mass is 10.0. The lowest BCUT2D eigenvalue weighted by Gasteiger charge is -2.18. The molecular formula is C25H34FN5O2. The number of aromatic nitrogens is 1. The monoisotopic (exact) mass is 455 g/mol. The van der Waals surface area contributed by atoms with E-state index >= 15 is 0 Å². The standard InChI is InChI=1S/C25H34FN5O2/c1-16-21(28-17(2)23(16)24(32)27-10-13-30(5)6)15-20-19-14-18(26)8-9-22(19)31(25(20)33)12-7-11-29(3)4/h8-9,14-15,28H,7,10-13H2,1-6H3,(H,27,32)/b20-15-. The Morgan fingerprint density at radius 3 is 2.52 bits per heavy atom. The number of nitrogens with one attached hydrogen (secondary N) is 2. The summed E-state index contributed by atoms with van der Waals surface area (Å²) in [5.74, 6) is -0.691. The number of aryl methyl sites for hydroxylation is 1. The number of benzene rings is 1. The summed E-state index contributed by atoms with van der Waals surface area (Å²) in [6.07, 6.45) is 2.55. The second-order valence-corrected chi connectivity index (χ2v) is 9.06. The Labute approximate surface area is 195 Å². The number of amides is 2. The van der Waals surface area contributed by atoms with E-state index in [0.29, 0.717) is 41.2 Å². The molecule has 0 radical (unpaired) electrons. The number of nitrogens with zero attached hydrogens (tertiary/aromatic N) is 3. The molecule has 1 aromatic carbocycles. The highest BCUT2D eigenvalue weighted by molar-refractivity contribution is 6.35. The summed E-state index contributed by atoms with van der Waals surface area (Å²) in [5, 5.41) is 2.94. The molecule has 2 aromatic rings. The molecule has 2 amide bonds. The first-order valence-electron chi connectivity index (χ1n) is 11.2. The van der Waals surface area contributed by atoms with Crippen molar-refractivity contribution in [3.05, 3.63) is 52.1 Å². The van der Waals surface area contributed by atoms with Gasteiger partial charge >= 0.3 is 0 Å². The lowest BCUT2D eigenvalue weighted by Crippen LogP contribution is -2.31. The van der Waals surface area contributed by atoms with Crippen LogP contribution in [0.25, 0.3) is 11.6 Å². The summed E-state index contributed by atoms with van der Waals surface area (Å²) < 4.78 is 14.1. The first-order valence-corrected chi connectivity index (χ1v) is 11.2. The molecule has 1 aliphatic rings. The number of aromatic amines is 1. The molecule has 0 spiro atoms. The summed E-state index contributed by atoms with van der Waals surface area (Å²) in [5.41, 5.74) is 4.47. The molecule has 1 aromatic heterocycles. The van der Waals surface area contributed by atoms with Gasteiger partial charge in [0.25, 0.3) is 11.8 Å². The maximum absolute atomic E-state index is 14.1. The second kappa shape index (κ2) is 10.3. The summed E-state index contributed by atoms with van der Waals surface area (Å²) >= 11 is 0. The van der Waals surface area contributed by atoms with Gasteiger partial charge < -0.3 is 25.0 Å². The van der Waals surface area contributed by atoms with Crippen LogP contribution in [0.2, 0.25) is 0 Å². The maximum Gasteiger partial charge on any atom is 0.259 e. The van der Waals surface area contributed by atoms with Gasteiger partial charge in [-0.25, -0.2) is 4.39 Å². The number of anilines is 1. The van der Waals surface area contributed by atoms with Crippen LogP contribution < -0.4 is 10.2 Å². The average Bonchev–Trinajstić information content (AvgIpc) is 3.15. The molecule has 8 heteroatoms. The largest absolute Gasteiger partial charge is 0.358 e. The summed E-state index contributed by atoms with van der Waals surface area (Å²) in [4.78, 5) is 35.1. The zero-order chi connectivity index (χ0) is 24.3. The third-order valence-electron chi connectivity index (χ3n) is 5.84. The number of H-pyrrole nitrogens is 1. The van der Waals surface area contributed by atoms with E-state index in [-0.39, 0.29) is 17.6 Å². The molecule has 0 atom stereocenters. The first-order chi connectivity index (χ1) is 15.6. The highest BCUT2D eigenvalue weighted by Gasteiger charge is 2.33. The molecule has 0 saturated heterocycles. The Morgan fingerprint density at radius 1 is 1.15 bits per heavy atom. The summed E-state index contributed by atoms with van der Waals surface area (Å²) in [7, 11) is 7.88. The van der Waals surface area contributed by atoms with Crippen LogP contribution in [-0.4, -0.2) is 81.0 Å². The van der Waals surface area contributed by atoms with E-state index in [9.17, 15) is 14.0 Å². The molecule has 178 valence electrons. The Bertz CT molecular complexity index is 1070. The highest BCUT2D eigenvalue weighted by atomic mass is 19.1. The van der Waals surface area contributed by atoms with E-state index in [4.69, 9.17) is 0 Å². The molecule has 3 rings (SSSR count). The molecule has 0 bridgehead atoms. The van der Waals surface area contributed by atoms with Crippen molar-refractivity contribution in [3.8, 4) is 0 Å². The van der Waals surface area contributed by atoms with Gasteiger partial charge in [-0.2, -0.15) is 0 Å². The Balaban J connectivity index is 1.92. The van der Waals surface area contributed by atoms with Gasteiger partial charge in [-0.1, -0.05) is 0 Å². The van der Waals surface area contributed by atoms with Crippen LogP contribution in [0.15, 0.2) is 18.2 Å². The minimum absolute atomic E-state index is 0.151. The van der Waals surface area contributed by atoms with Crippen LogP contribution in [0, 0.1) is 19.7 Å². The smallest absolute Gasteiger partial charge is 0.259 e. The Morgan fingerprint density at radius 2 is 1.85 bits per heavy atom. The molecule has 1 aliphatic heterocycles. The van der Waals surface area contributed by atoms with Crippen molar-refractivity contribution in [2.75, 3.05) is 59.3 Å². The van der Waals surface area contributed by atoms with Gasteiger partial charge in [0.05, 0.1) is 16.8 Å². The van der Waals surface area contributed by atoms with Crippen molar-refractivity contribution < 1.29 is 14.0 Å². The number of carbonyl (C=O) groups is 2. The van der Waals surface area contributed by atoms with Crippen LogP contribution in [0.1, 0.15) is 39.3 Å². The fourth-order valence-corrected chi connectivity index (χ4v) is 4.12. The van der Waals surface area contributed by atoms with Crippen molar-refractivity contribution in [2.24, 2.45) is 0 Å². The molecule has 0 unspecified atom stereocenters. The van der Waals surface area contributed by atoms with Gasteiger partial charge in [0.15, 0.2) is 0 Å². The summed E-state index contributed by atoms with van der Waals surface area (Å²) in [6.45, 7) is 6.38. The second-order valence-electron chi connectivity index (χ2n) is 9.06. The number of halogens is 1. The van der Waals surface area contributed by atoms with Crippen molar-refractivity contribution in [1.29, 1.82) is 0 Å². The molecule has 7 nitrogen and oxygen atoms in total. The molecule has 33 heavy (non-hydrogen) atoms. The number of carbonyl (C=O) groups excluding carboxylic acids is 2. The third kappa shape index (κ3) is 5.51. The van der Waals surface area contributed by atoms with E-state index in [1.807, 2.05) is 46.9 Å². The van der Waals surface area contributed by atoms with Gasteiger partial charge in [0.2, 0.25) is 0 Å². The van der Waals surface area contributed by atoms with Crippen LogP contribution >= 0.6 is 0 Å². The van der Waals surface area contributed by atoms with Crippen LogP contribution in [0.4, 0.5) is 10.1 Å². The molecule has 0 saturated carbocycles. The van der Waals surface area contributed by atoms with E-state index in [1.54, 1.807) is 17.0 Å². The van der Waals surface area contributed by atoms with Gasteiger partial charge in [0, 0.05) is 36.6 Å². The van der Waals surface area contributed by atoms with Crippen LogP contribution in [-0.2, 0) is 4.79 Å². The fraction of sp³-hybridized carbons (Fsp3) is 0.440. The van der Waals surface area contributed by atoms with Gasteiger partial charge in [0.1, 0.15) is 5.82 Å². The number of hydrogen-bond acceptors (Lipinski definition) is 4. The number of fused-ring (bicyclic) bond motifs is 1. The Kier molecular flexibility index (Phi) is 7.71. The average molecular weight is 456 g/mol. The van der Waals surface area contributed by atoms with E-state index < -0.39 is 0 Å². The topological polar surface area (TPSA) is 71.7 Å². The van der Waals surface area contributed by atoms with Crippen molar-refractivity contribution in [1.82, 2.24) is 20.1 Å². The zero-order valence-corrected chi connectivity index (χ0v) is 20.4. The van der Waals surface area contributed by atoms with Crippen molar-refractivity contribution >= 4 is 29.2 Å².